The molecule has 5 nitrogen and oxygen atoms in total. The first-order valence-electron chi connectivity index (χ1n) is 7.00. The Labute approximate surface area is 123 Å². The summed E-state index contributed by atoms with van der Waals surface area (Å²) in [6, 6.07) is 7.25. The number of fused-ring (bicyclic) bond motifs is 2. The van der Waals surface area contributed by atoms with Crippen molar-refractivity contribution in [1.29, 1.82) is 0 Å². The van der Waals surface area contributed by atoms with Gasteiger partial charge in [0.25, 0.3) is 0 Å². The highest BCUT2D eigenvalue weighted by Crippen LogP contribution is 2.26. The minimum Gasteiger partial charge on any atom is -0.410 e. The average molecular weight is 284 g/mol. The summed E-state index contributed by atoms with van der Waals surface area (Å²) in [7, 11) is 1.86. The van der Waals surface area contributed by atoms with Crippen LogP contribution >= 0.6 is 0 Å². The van der Waals surface area contributed by atoms with E-state index in [4.69, 9.17) is 0 Å². The summed E-state index contributed by atoms with van der Waals surface area (Å²) in [5.41, 5.74) is 2.97. The van der Waals surface area contributed by atoms with E-state index in [0.717, 1.165) is 6.54 Å². The largest absolute Gasteiger partial charge is 0.410 e. The smallest absolute Gasteiger partial charge is 0.244 e. The van der Waals surface area contributed by atoms with Gasteiger partial charge in [0.15, 0.2) is 5.71 Å². The summed E-state index contributed by atoms with van der Waals surface area (Å²) >= 11 is 0. The number of nitrogens with zero attached hydrogens (tertiary/aromatic N) is 3. The van der Waals surface area contributed by atoms with Gasteiger partial charge < -0.3 is 5.21 Å². The number of carbonyl (C=O) groups is 1. The third kappa shape index (κ3) is 1.96. The summed E-state index contributed by atoms with van der Waals surface area (Å²) in [4.78, 5) is 12.8. The van der Waals surface area contributed by atoms with Crippen LogP contribution in [-0.4, -0.2) is 21.3 Å². The molecule has 0 spiro atoms. The van der Waals surface area contributed by atoms with Crippen molar-refractivity contribution in [1.82, 2.24) is 4.57 Å². The van der Waals surface area contributed by atoms with E-state index >= 15 is 0 Å². The zero-order valence-electron chi connectivity index (χ0n) is 12.4. The van der Waals surface area contributed by atoms with Crippen molar-refractivity contribution in [3.63, 3.8) is 0 Å². The van der Waals surface area contributed by atoms with Crippen LogP contribution < -0.4 is 4.57 Å². The van der Waals surface area contributed by atoms with Crippen LogP contribution in [0.5, 0.6) is 0 Å². The number of imidazole rings is 1. The molecule has 0 radical (unpaired) electrons. The molecule has 0 atom stereocenters. The summed E-state index contributed by atoms with van der Waals surface area (Å²) in [5, 5.41) is 12.9. The van der Waals surface area contributed by atoms with Crippen molar-refractivity contribution in [2.45, 2.75) is 20.4 Å². The van der Waals surface area contributed by atoms with E-state index in [9.17, 15) is 10.0 Å². The fraction of sp³-hybridized carbons (Fsp3) is 0.312. The maximum absolute atomic E-state index is 12.8. The molecule has 108 valence electrons. The first-order chi connectivity index (χ1) is 10.0. The molecule has 1 aliphatic rings. The van der Waals surface area contributed by atoms with Crippen LogP contribution in [0.3, 0.4) is 0 Å². The number of benzene rings is 1. The monoisotopic (exact) mass is 284 g/mol. The van der Waals surface area contributed by atoms with Gasteiger partial charge in [-0.1, -0.05) is 43.3 Å². The lowest BCUT2D eigenvalue weighted by atomic mass is 9.89. The molecule has 0 saturated heterocycles. The van der Waals surface area contributed by atoms with E-state index in [2.05, 4.69) is 19.0 Å². The summed E-state index contributed by atoms with van der Waals surface area (Å²) in [5.74, 6) is 0.398. The SMILES string of the molecule is CC(C)Cn1c[n+](C)c2c1C(=O)c1ccccc1/C2=N/O. The number of aromatic nitrogens is 2. The fourth-order valence-electron chi connectivity index (χ4n) is 2.92. The Bertz CT molecular complexity index is 757. The van der Waals surface area contributed by atoms with Crippen LogP contribution in [0.25, 0.3) is 0 Å². The molecule has 21 heavy (non-hydrogen) atoms. The van der Waals surface area contributed by atoms with Crippen LogP contribution in [0.1, 0.15) is 41.2 Å². The molecule has 1 heterocycles. The highest BCUT2D eigenvalue weighted by atomic mass is 16.4. The highest BCUT2D eigenvalue weighted by Gasteiger charge is 2.39. The van der Waals surface area contributed by atoms with Gasteiger partial charge in [0.2, 0.25) is 23.5 Å². The minimum absolute atomic E-state index is 0.0192. The lowest BCUT2D eigenvalue weighted by molar-refractivity contribution is -0.672. The first-order valence-corrected chi connectivity index (χ1v) is 7.00. The van der Waals surface area contributed by atoms with E-state index in [1.165, 1.54) is 0 Å². The topological polar surface area (TPSA) is 58.5 Å². The third-order valence-corrected chi connectivity index (χ3v) is 3.70. The molecule has 5 heteroatoms. The van der Waals surface area contributed by atoms with Crippen LogP contribution in [0.15, 0.2) is 35.7 Å². The molecule has 0 saturated carbocycles. The van der Waals surface area contributed by atoms with Gasteiger partial charge in [-0.25, -0.2) is 9.13 Å². The van der Waals surface area contributed by atoms with E-state index in [1.54, 1.807) is 6.07 Å². The van der Waals surface area contributed by atoms with E-state index in [-0.39, 0.29) is 5.78 Å². The van der Waals surface area contributed by atoms with Gasteiger partial charge in [-0.2, -0.15) is 0 Å². The molecular formula is C16H18N3O2+. The number of ketones is 1. The van der Waals surface area contributed by atoms with Crippen molar-refractivity contribution >= 4 is 11.5 Å². The molecule has 1 aromatic heterocycles. The maximum atomic E-state index is 12.8. The zero-order chi connectivity index (χ0) is 15.1. The maximum Gasteiger partial charge on any atom is 0.244 e. The molecule has 2 aromatic rings. The van der Waals surface area contributed by atoms with Crippen molar-refractivity contribution in [3.05, 3.63) is 53.1 Å². The molecule has 1 aliphatic carbocycles. The summed E-state index contributed by atoms with van der Waals surface area (Å²) in [6.07, 6.45) is 1.89. The number of oxime groups is 1. The first kappa shape index (κ1) is 13.5. The summed E-state index contributed by atoms with van der Waals surface area (Å²) < 4.78 is 3.80. The standard InChI is InChI=1S/C16H17N3O2/c1-10(2)8-19-9-18(3)14-13(17-21)11-6-4-5-7-12(11)16(20)15(14)19/h4-7,9-10H,8H2,1-3H3/p+1. The zero-order valence-corrected chi connectivity index (χ0v) is 12.4. The predicted octanol–water partition coefficient (Wildman–Crippen LogP) is 1.74. The van der Waals surface area contributed by atoms with Crippen molar-refractivity contribution in [3.8, 4) is 0 Å². The Hall–Kier alpha value is -2.43. The van der Waals surface area contributed by atoms with Crippen molar-refractivity contribution in [2.75, 3.05) is 0 Å². The van der Waals surface area contributed by atoms with Crippen LogP contribution in [-0.2, 0) is 13.6 Å². The molecule has 0 fully saturated rings. The predicted molar refractivity (Wildman–Crippen MR) is 77.7 cm³/mol. The molecule has 0 bridgehead atoms. The molecule has 1 aromatic carbocycles. The van der Waals surface area contributed by atoms with E-state index in [1.807, 2.05) is 40.7 Å². The van der Waals surface area contributed by atoms with E-state index in [0.29, 0.717) is 34.1 Å². The van der Waals surface area contributed by atoms with Crippen LogP contribution in [0.2, 0.25) is 0 Å². The lowest BCUT2D eigenvalue weighted by Gasteiger charge is -2.14. The summed E-state index contributed by atoms with van der Waals surface area (Å²) in [6.45, 7) is 4.96. The second-order valence-electron chi connectivity index (χ2n) is 5.79. The Morgan fingerprint density at radius 2 is 1.95 bits per heavy atom. The van der Waals surface area contributed by atoms with E-state index < -0.39 is 0 Å². The van der Waals surface area contributed by atoms with Gasteiger partial charge in [-0.3, -0.25) is 4.79 Å². The molecule has 0 aliphatic heterocycles. The highest BCUT2D eigenvalue weighted by molar-refractivity contribution is 6.28. The number of hydrogen-bond acceptors (Lipinski definition) is 3. The van der Waals surface area contributed by atoms with Crippen molar-refractivity contribution in [2.24, 2.45) is 18.1 Å². The Morgan fingerprint density at radius 1 is 1.29 bits per heavy atom. The molecule has 0 unspecified atom stereocenters. The number of carbonyl (C=O) groups excluding carboxylic acids is 1. The normalized spacial score (nSPS) is 15.4. The van der Waals surface area contributed by atoms with Gasteiger partial charge in [-0.05, 0) is 5.92 Å². The quantitative estimate of drug-likeness (QED) is 0.443. The van der Waals surface area contributed by atoms with Crippen molar-refractivity contribution < 1.29 is 14.6 Å². The van der Waals surface area contributed by atoms with Crippen LogP contribution in [0.4, 0.5) is 0 Å². The molecule has 3 rings (SSSR count). The lowest BCUT2D eigenvalue weighted by Crippen LogP contribution is -2.37. The second-order valence-corrected chi connectivity index (χ2v) is 5.79. The van der Waals surface area contributed by atoms with Gasteiger partial charge in [-0.15, -0.1) is 0 Å². The Balaban J connectivity index is 2.28. The second kappa shape index (κ2) is 4.84. The average Bonchev–Trinajstić information content (AvgIpc) is 2.76. The van der Waals surface area contributed by atoms with Gasteiger partial charge >= 0.3 is 0 Å². The number of aryl methyl sites for hydroxylation is 1. The minimum atomic E-state index is -0.0192. The molecule has 1 N–H and O–H groups in total. The van der Waals surface area contributed by atoms with Gasteiger partial charge in [0.1, 0.15) is 0 Å². The fourth-order valence-corrected chi connectivity index (χ4v) is 2.92. The Morgan fingerprint density at radius 3 is 2.57 bits per heavy atom. The molecule has 0 amide bonds. The number of rotatable bonds is 2. The Kier molecular flexibility index (Phi) is 3.12. The van der Waals surface area contributed by atoms with Crippen LogP contribution in [0, 0.1) is 5.92 Å². The molecular weight excluding hydrogens is 266 g/mol. The number of hydrogen-bond donors (Lipinski definition) is 1. The van der Waals surface area contributed by atoms with Gasteiger partial charge in [0, 0.05) is 11.1 Å². The third-order valence-electron chi connectivity index (χ3n) is 3.70. The van der Waals surface area contributed by atoms with Gasteiger partial charge in [0.05, 0.1) is 13.6 Å².